The molecule has 0 N–H and O–H groups in total. The summed E-state index contributed by atoms with van der Waals surface area (Å²) in [6.45, 7) is 2.22. The number of hydrogen-bond donors (Lipinski definition) is 0. The molecular weight excluding hydrogens is 500 g/mol. The summed E-state index contributed by atoms with van der Waals surface area (Å²) in [7, 11) is 3.37. The maximum absolute atomic E-state index is 5.37. The zero-order valence-electron chi connectivity index (χ0n) is 20.0. The zero-order valence-corrected chi connectivity index (χ0v) is 21.6. The minimum atomic E-state index is -0.124. The van der Waals surface area contributed by atoms with Crippen molar-refractivity contribution in [1.82, 2.24) is 0 Å². The fourth-order valence-corrected chi connectivity index (χ4v) is 4.83. The van der Waals surface area contributed by atoms with E-state index in [0.29, 0.717) is 0 Å². The van der Waals surface area contributed by atoms with Crippen molar-refractivity contribution in [2.75, 3.05) is 19.1 Å². The van der Waals surface area contributed by atoms with Crippen molar-refractivity contribution in [3.8, 4) is 22.6 Å². The Bertz CT molecular complexity index is 1320. The lowest BCUT2D eigenvalue weighted by Gasteiger charge is -2.30. The van der Waals surface area contributed by atoms with Crippen LogP contribution in [0.4, 0.5) is 5.69 Å². The SMILES string of the molecule is COc1ccc(-c2ccc(N3C(C)C(c4ccc(Br)cc4)=NC3c3ccc(OC)cc3)cc2)cc1. The number of benzene rings is 4. The molecule has 176 valence electrons. The van der Waals surface area contributed by atoms with Crippen molar-refractivity contribution in [2.45, 2.75) is 19.1 Å². The molecule has 4 aromatic carbocycles. The molecule has 0 amide bonds. The number of rotatable bonds is 6. The smallest absolute Gasteiger partial charge is 0.148 e. The fraction of sp³-hybridized carbons (Fsp3) is 0.167. The Morgan fingerprint density at radius 3 is 1.69 bits per heavy atom. The molecule has 0 bridgehead atoms. The average Bonchev–Trinajstić information content (AvgIpc) is 3.26. The van der Waals surface area contributed by atoms with E-state index in [1.807, 2.05) is 24.3 Å². The van der Waals surface area contributed by atoms with E-state index in [2.05, 4.69) is 101 Å². The first-order valence-corrected chi connectivity index (χ1v) is 12.4. The van der Waals surface area contributed by atoms with Crippen LogP contribution in [0, 0.1) is 0 Å². The lowest BCUT2D eigenvalue weighted by molar-refractivity contribution is 0.414. The highest BCUT2D eigenvalue weighted by molar-refractivity contribution is 9.10. The van der Waals surface area contributed by atoms with Crippen molar-refractivity contribution >= 4 is 27.3 Å². The van der Waals surface area contributed by atoms with Gasteiger partial charge in [-0.05, 0) is 77.7 Å². The Hall–Kier alpha value is -3.57. The van der Waals surface area contributed by atoms with E-state index in [0.717, 1.165) is 44.1 Å². The van der Waals surface area contributed by atoms with Gasteiger partial charge in [-0.25, -0.2) is 0 Å². The number of ether oxygens (including phenoxy) is 2. The van der Waals surface area contributed by atoms with Crippen LogP contribution in [0.2, 0.25) is 0 Å². The quantitative estimate of drug-likeness (QED) is 0.260. The van der Waals surface area contributed by atoms with Gasteiger partial charge in [0.2, 0.25) is 0 Å². The summed E-state index contributed by atoms with van der Waals surface area (Å²) in [6, 6.07) is 33.6. The molecule has 0 saturated carbocycles. The average molecular weight is 527 g/mol. The van der Waals surface area contributed by atoms with Gasteiger partial charge < -0.3 is 14.4 Å². The maximum Gasteiger partial charge on any atom is 0.148 e. The first kappa shape index (κ1) is 23.2. The van der Waals surface area contributed by atoms with Crippen molar-refractivity contribution in [1.29, 1.82) is 0 Å². The normalized spacial score (nSPS) is 17.3. The van der Waals surface area contributed by atoms with Gasteiger partial charge in [-0.1, -0.05) is 64.5 Å². The van der Waals surface area contributed by atoms with Gasteiger partial charge in [0.15, 0.2) is 0 Å². The van der Waals surface area contributed by atoms with Gasteiger partial charge in [-0.3, -0.25) is 4.99 Å². The van der Waals surface area contributed by atoms with Crippen LogP contribution in [-0.4, -0.2) is 26.0 Å². The fourth-order valence-electron chi connectivity index (χ4n) is 4.57. The van der Waals surface area contributed by atoms with Gasteiger partial charge in [0.1, 0.15) is 17.7 Å². The summed E-state index contributed by atoms with van der Waals surface area (Å²) in [4.78, 5) is 7.61. The highest BCUT2D eigenvalue weighted by Gasteiger charge is 2.35. The molecule has 5 heteroatoms. The van der Waals surface area contributed by atoms with E-state index in [9.17, 15) is 0 Å². The van der Waals surface area contributed by atoms with Crippen molar-refractivity contribution in [3.05, 3.63) is 113 Å². The molecule has 0 radical (unpaired) electrons. The summed E-state index contributed by atoms with van der Waals surface area (Å²) in [5.74, 6) is 1.70. The van der Waals surface area contributed by atoms with Crippen LogP contribution < -0.4 is 14.4 Å². The minimum Gasteiger partial charge on any atom is -0.497 e. The molecule has 1 aliphatic heterocycles. The van der Waals surface area contributed by atoms with Gasteiger partial charge in [-0.15, -0.1) is 0 Å². The third-order valence-corrected chi connectivity index (χ3v) is 7.01. The number of anilines is 1. The standard InChI is InChI=1S/C30H27BrN2O2/c1-20-29(23-4-12-25(31)13-5-23)32-30(24-10-18-28(35-3)19-11-24)33(20)26-14-6-21(7-15-26)22-8-16-27(34-2)17-9-22/h4-20,30H,1-3H3. The summed E-state index contributed by atoms with van der Waals surface area (Å²) < 4.78 is 11.7. The van der Waals surface area contributed by atoms with Crippen LogP contribution in [0.3, 0.4) is 0 Å². The Kier molecular flexibility index (Phi) is 6.60. The highest BCUT2D eigenvalue weighted by atomic mass is 79.9. The molecule has 2 unspecified atom stereocenters. The van der Waals surface area contributed by atoms with E-state index in [1.54, 1.807) is 14.2 Å². The Morgan fingerprint density at radius 2 is 1.14 bits per heavy atom. The van der Waals surface area contributed by atoms with Crippen LogP contribution in [0.5, 0.6) is 11.5 Å². The summed E-state index contributed by atoms with van der Waals surface area (Å²) in [6.07, 6.45) is -0.124. The molecule has 35 heavy (non-hydrogen) atoms. The number of nitrogens with zero attached hydrogens (tertiary/aromatic N) is 2. The Balaban J connectivity index is 1.51. The van der Waals surface area contributed by atoms with E-state index < -0.39 is 0 Å². The van der Waals surface area contributed by atoms with Crippen LogP contribution in [0.25, 0.3) is 11.1 Å². The van der Waals surface area contributed by atoms with Gasteiger partial charge in [-0.2, -0.15) is 0 Å². The van der Waals surface area contributed by atoms with Crippen LogP contribution >= 0.6 is 15.9 Å². The lowest BCUT2D eigenvalue weighted by Crippen LogP contribution is -2.35. The monoisotopic (exact) mass is 526 g/mol. The summed E-state index contributed by atoms with van der Waals surface area (Å²) in [5, 5.41) is 0. The third kappa shape index (κ3) is 4.69. The molecule has 0 fully saturated rings. The van der Waals surface area contributed by atoms with Gasteiger partial charge in [0.25, 0.3) is 0 Å². The molecule has 4 aromatic rings. The van der Waals surface area contributed by atoms with Gasteiger partial charge in [0.05, 0.1) is 26.0 Å². The van der Waals surface area contributed by atoms with E-state index >= 15 is 0 Å². The maximum atomic E-state index is 5.37. The second-order valence-corrected chi connectivity index (χ2v) is 9.44. The number of halogens is 1. The summed E-state index contributed by atoms with van der Waals surface area (Å²) >= 11 is 3.54. The van der Waals surface area contributed by atoms with Crippen LogP contribution in [0.15, 0.2) is 107 Å². The van der Waals surface area contributed by atoms with Crippen molar-refractivity contribution in [2.24, 2.45) is 4.99 Å². The zero-order chi connectivity index (χ0) is 24.4. The molecule has 1 heterocycles. The molecule has 0 aliphatic carbocycles. The molecule has 1 aliphatic rings. The molecule has 0 saturated heterocycles. The molecule has 0 aromatic heterocycles. The van der Waals surface area contributed by atoms with Crippen molar-refractivity contribution in [3.63, 3.8) is 0 Å². The van der Waals surface area contributed by atoms with E-state index in [1.165, 1.54) is 5.56 Å². The lowest BCUT2D eigenvalue weighted by atomic mass is 10.0. The topological polar surface area (TPSA) is 34.1 Å². The third-order valence-electron chi connectivity index (χ3n) is 6.48. The molecule has 0 spiro atoms. The Morgan fingerprint density at radius 1 is 0.657 bits per heavy atom. The van der Waals surface area contributed by atoms with E-state index in [-0.39, 0.29) is 12.2 Å². The second-order valence-electron chi connectivity index (χ2n) is 8.53. The molecular formula is C30H27BrN2O2. The Labute approximate surface area is 215 Å². The minimum absolute atomic E-state index is 0.107. The first-order chi connectivity index (χ1) is 17.1. The predicted molar refractivity (Wildman–Crippen MR) is 147 cm³/mol. The first-order valence-electron chi connectivity index (χ1n) is 11.6. The predicted octanol–water partition coefficient (Wildman–Crippen LogP) is 7.53. The number of aliphatic imine (C=N–C) groups is 1. The van der Waals surface area contributed by atoms with Crippen LogP contribution in [0.1, 0.15) is 24.2 Å². The van der Waals surface area contributed by atoms with Crippen LogP contribution in [-0.2, 0) is 0 Å². The highest BCUT2D eigenvalue weighted by Crippen LogP contribution is 2.38. The van der Waals surface area contributed by atoms with Gasteiger partial charge >= 0.3 is 0 Å². The second kappa shape index (κ2) is 9.96. The number of hydrogen-bond acceptors (Lipinski definition) is 4. The summed E-state index contributed by atoms with van der Waals surface area (Å²) in [5.41, 5.74) is 6.80. The van der Waals surface area contributed by atoms with Crippen molar-refractivity contribution < 1.29 is 9.47 Å². The van der Waals surface area contributed by atoms with Gasteiger partial charge in [0, 0.05) is 10.2 Å². The molecule has 4 nitrogen and oxygen atoms in total. The molecule has 2 atom stereocenters. The largest absolute Gasteiger partial charge is 0.497 e. The van der Waals surface area contributed by atoms with E-state index in [4.69, 9.17) is 14.5 Å². The number of methoxy groups -OCH3 is 2. The molecule has 5 rings (SSSR count).